The molecule has 2 fully saturated rings. The molecule has 1 aliphatic heterocycles. The lowest BCUT2D eigenvalue weighted by molar-refractivity contribution is -0.128. The number of likely N-dealkylation sites (tertiary alicyclic amines) is 1. The van der Waals surface area contributed by atoms with Crippen LogP contribution in [0.2, 0.25) is 0 Å². The van der Waals surface area contributed by atoms with Crippen LogP contribution in [-0.2, 0) is 19.6 Å². The molecule has 2 aliphatic rings. The lowest BCUT2D eigenvalue weighted by Crippen LogP contribution is -2.57. The Morgan fingerprint density at radius 3 is 2.66 bits per heavy atom. The zero-order valence-electron chi connectivity index (χ0n) is 21.0. The molecule has 4 aromatic rings. The minimum absolute atomic E-state index is 0.208. The van der Waals surface area contributed by atoms with Crippen molar-refractivity contribution in [3.05, 3.63) is 87.6 Å². The van der Waals surface area contributed by atoms with Gasteiger partial charge in [-0.25, -0.2) is 14.4 Å². The quantitative estimate of drug-likeness (QED) is 0.283. The molecule has 0 bridgehead atoms. The van der Waals surface area contributed by atoms with Crippen molar-refractivity contribution < 1.29 is 14.6 Å². The van der Waals surface area contributed by atoms with Crippen LogP contribution in [0, 0.1) is 9.39 Å². The highest BCUT2D eigenvalue weighted by molar-refractivity contribution is 14.1. The topological polar surface area (TPSA) is 77.7 Å². The van der Waals surface area contributed by atoms with Crippen molar-refractivity contribution >= 4 is 39.4 Å². The van der Waals surface area contributed by atoms with Crippen molar-refractivity contribution in [3.8, 4) is 0 Å². The van der Waals surface area contributed by atoms with Crippen molar-refractivity contribution in [2.45, 2.75) is 56.6 Å². The van der Waals surface area contributed by atoms with E-state index in [2.05, 4.69) is 54.5 Å². The smallest absolute Gasteiger partial charge is 0.145 e. The molecule has 3 heterocycles. The van der Waals surface area contributed by atoms with Gasteiger partial charge in [0.1, 0.15) is 29.2 Å². The van der Waals surface area contributed by atoms with E-state index < -0.39 is 11.7 Å². The van der Waals surface area contributed by atoms with Crippen molar-refractivity contribution in [1.82, 2.24) is 19.4 Å². The van der Waals surface area contributed by atoms with Gasteiger partial charge in [-0.1, -0.05) is 36.4 Å². The van der Waals surface area contributed by atoms with Gasteiger partial charge in [0.2, 0.25) is 0 Å². The number of nitrogens with zero attached hydrogens (tertiary/aromatic N) is 5. The summed E-state index contributed by atoms with van der Waals surface area (Å²) in [5.74, 6) is 0.569. The van der Waals surface area contributed by atoms with E-state index in [9.17, 15) is 14.6 Å². The number of β-amino-alcohol motifs (C(OH)–C–C–N with tert-alkyl or cyclic N) is 1. The molecule has 1 saturated heterocycles. The molecule has 2 N–H and O–H groups in total. The SMILES string of the molecule is O[C@H]1CN(Cc2ccccc2)CC[C@]1(O)Cn1ccc2c(N(Cc3ccc(I)cc3F)C3CC3)ncnc21. The van der Waals surface area contributed by atoms with Crippen LogP contribution < -0.4 is 4.90 Å². The van der Waals surface area contributed by atoms with Crippen LogP contribution in [0.5, 0.6) is 0 Å². The van der Waals surface area contributed by atoms with Crippen molar-refractivity contribution in [3.63, 3.8) is 0 Å². The van der Waals surface area contributed by atoms with Gasteiger partial charge in [0, 0.05) is 47.6 Å². The second-order valence-corrected chi connectivity index (χ2v) is 11.8. The molecule has 1 saturated carbocycles. The number of hydrogen-bond donors (Lipinski definition) is 2. The van der Waals surface area contributed by atoms with Gasteiger partial charge in [-0.3, -0.25) is 4.90 Å². The number of rotatable bonds is 8. The maximum atomic E-state index is 14.7. The molecule has 0 unspecified atom stereocenters. The van der Waals surface area contributed by atoms with E-state index in [1.807, 2.05) is 47.2 Å². The number of benzene rings is 2. The molecule has 0 spiro atoms. The van der Waals surface area contributed by atoms with Gasteiger partial charge in [0.15, 0.2) is 0 Å². The lowest BCUT2D eigenvalue weighted by Gasteiger charge is -2.42. The summed E-state index contributed by atoms with van der Waals surface area (Å²) < 4.78 is 17.5. The van der Waals surface area contributed by atoms with E-state index in [1.54, 1.807) is 6.07 Å². The molecular formula is C29H31FIN5O2. The van der Waals surface area contributed by atoms with Crippen LogP contribution in [0.25, 0.3) is 11.0 Å². The fraction of sp³-hybridized carbons (Fsp3) is 0.379. The van der Waals surface area contributed by atoms with Gasteiger partial charge in [-0.05, 0) is 65.6 Å². The summed E-state index contributed by atoms with van der Waals surface area (Å²) >= 11 is 2.12. The molecule has 2 aromatic carbocycles. The summed E-state index contributed by atoms with van der Waals surface area (Å²) in [4.78, 5) is 13.5. The second-order valence-electron chi connectivity index (χ2n) is 10.6. The number of hydrogen-bond acceptors (Lipinski definition) is 6. The summed E-state index contributed by atoms with van der Waals surface area (Å²) in [6, 6.07) is 17.8. The Bertz CT molecular complexity index is 1430. The molecule has 7 nitrogen and oxygen atoms in total. The van der Waals surface area contributed by atoms with Gasteiger partial charge >= 0.3 is 0 Å². The molecule has 2 atom stereocenters. The molecule has 9 heteroatoms. The average molecular weight is 628 g/mol. The van der Waals surface area contributed by atoms with E-state index in [0.717, 1.165) is 34.2 Å². The highest BCUT2D eigenvalue weighted by Crippen LogP contribution is 2.36. The van der Waals surface area contributed by atoms with Crippen LogP contribution in [0.1, 0.15) is 30.4 Å². The number of halogens is 2. The number of aromatic nitrogens is 3. The number of aliphatic hydroxyl groups excluding tert-OH is 1. The van der Waals surface area contributed by atoms with E-state index in [1.165, 1.54) is 11.9 Å². The van der Waals surface area contributed by atoms with Gasteiger partial charge in [-0.2, -0.15) is 0 Å². The predicted octanol–water partition coefficient (Wildman–Crippen LogP) is 4.34. The lowest BCUT2D eigenvalue weighted by atomic mass is 9.88. The van der Waals surface area contributed by atoms with Crippen LogP contribution in [0.15, 0.2) is 67.1 Å². The Morgan fingerprint density at radius 2 is 1.92 bits per heavy atom. The summed E-state index contributed by atoms with van der Waals surface area (Å²) in [6.07, 6.45) is 5.11. The number of anilines is 1. The first-order valence-electron chi connectivity index (χ1n) is 13.1. The van der Waals surface area contributed by atoms with Crippen LogP contribution in [0.3, 0.4) is 0 Å². The first-order valence-corrected chi connectivity index (χ1v) is 14.1. The van der Waals surface area contributed by atoms with Crippen LogP contribution in [0.4, 0.5) is 10.2 Å². The molecule has 6 rings (SSSR count). The summed E-state index contributed by atoms with van der Waals surface area (Å²) in [6.45, 7) is 2.52. The summed E-state index contributed by atoms with van der Waals surface area (Å²) in [5, 5.41) is 23.4. The Kier molecular flexibility index (Phi) is 7.10. The zero-order chi connectivity index (χ0) is 26.3. The maximum absolute atomic E-state index is 14.7. The number of fused-ring (bicyclic) bond motifs is 1. The van der Waals surface area contributed by atoms with Crippen LogP contribution in [-0.4, -0.2) is 60.5 Å². The summed E-state index contributed by atoms with van der Waals surface area (Å²) in [5.41, 5.74) is 1.28. The molecule has 1 aliphatic carbocycles. The Labute approximate surface area is 235 Å². The Morgan fingerprint density at radius 1 is 1.11 bits per heavy atom. The van der Waals surface area contributed by atoms with Gasteiger partial charge in [0.05, 0.1) is 18.0 Å². The van der Waals surface area contributed by atoms with E-state index >= 15 is 0 Å². The largest absolute Gasteiger partial charge is 0.389 e. The predicted molar refractivity (Wildman–Crippen MR) is 153 cm³/mol. The fourth-order valence-corrected chi connectivity index (χ4v) is 5.89. The van der Waals surface area contributed by atoms with Crippen molar-refractivity contribution in [2.75, 3.05) is 18.0 Å². The van der Waals surface area contributed by atoms with E-state index in [-0.39, 0.29) is 12.4 Å². The standard InChI is InChI=1S/C29H31FIN5O2/c30-25-14-22(31)7-6-21(25)16-36(23-8-9-23)28-24-10-12-35(27(24)32-19-33-28)18-29(38)11-13-34(17-26(29)37)15-20-4-2-1-3-5-20/h1-7,10,12,14,19,23,26,37-38H,8-9,11,13,15-18H2/t26-,29-/m0/s1. The van der Waals surface area contributed by atoms with Crippen molar-refractivity contribution in [1.29, 1.82) is 0 Å². The molecular weight excluding hydrogens is 596 g/mol. The molecule has 0 radical (unpaired) electrons. The molecule has 0 amide bonds. The van der Waals surface area contributed by atoms with Crippen molar-refractivity contribution in [2.24, 2.45) is 0 Å². The number of piperidine rings is 1. The second kappa shape index (κ2) is 10.5. The van der Waals surface area contributed by atoms with Gasteiger partial charge in [-0.15, -0.1) is 0 Å². The first-order chi connectivity index (χ1) is 18.4. The normalized spacial score (nSPS) is 22.2. The minimum atomic E-state index is -1.26. The monoisotopic (exact) mass is 627 g/mol. The maximum Gasteiger partial charge on any atom is 0.145 e. The Balaban J connectivity index is 1.22. The first kappa shape index (κ1) is 25.7. The highest BCUT2D eigenvalue weighted by Gasteiger charge is 2.41. The van der Waals surface area contributed by atoms with E-state index in [4.69, 9.17) is 0 Å². The zero-order valence-corrected chi connectivity index (χ0v) is 23.2. The van der Waals surface area contributed by atoms with Gasteiger partial charge in [0.25, 0.3) is 0 Å². The highest BCUT2D eigenvalue weighted by atomic mass is 127. The minimum Gasteiger partial charge on any atom is -0.389 e. The summed E-state index contributed by atoms with van der Waals surface area (Å²) in [7, 11) is 0. The number of aliphatic hydroxyl groups is 2. The van der Waals surface area contributed by atoms with Gasteiger partial charge < -0.3 is 19.7 Å². The molecule has 2 aromatic heterocycles. The molecule has 198 valence electrons. The average Bonchev–Trinajstić information content (AvgIpc) is 3.67. The third-order valence-corrected chi connectivity index (χ3v) is 8.43. The molecule has 38 heavy (non-hydrogen) atoms. The third kappa shape index (κ3) is 5.29. The fourth-order valence-electron chi connectivity index (χ4n) is 5.43. The van der Waals surface area contributed by atoms with E-state index in [0.29, 0.717) is 43.3 Å². The Hall–Kier alpha value is -2.60. The third-order valence-electron chi connectivity index (χ3n) is 7.76. The van der Waals surface area contributed by atoms with Crippen LogP contribution >= 0.6 is 22.6 Å².